The zero-order chi connectivity index (χ0) is 32.5. The van der Waals surface area contributed by atoms with E-state index in [4.69, 9.17) is 4.74 Å². The van der Waals surface area contributed by atoms with Crippen LogP contribution < -0.4 is 10.6 Å². The van der Waals surface area contributed by atoms with Crippen molar-refractivity contribution in [3.63, 3.8) is 0 Å². The number of amides is 3. The van der Waals surface area contributed by atoms with Crippen molar-refractivity contribution in [2.75, 3.05) is 40.4 Å². The molecule has 3 N–H and O–H groups in total. The molecule has 0 spiro atoms. The number of rotatable bonds is 14. The number of hydrogen-bond acceptors (Lipinski definition) is 6. The van der Waals surface area contributed by atoms with E-state index in [0.29, 0.717) is 12.2 Å². The molecule has 11 heteroatoms. The van der Waals surface area contributed by atoms with E-state index < -0.39 is 47.5 Å². The number of aliphatic hydroxyl groups excluding tert-OH is 1. The van der Waals surface area contributed by atoms with Crippen molar-refractivity contribution in [3.05, 3.63) is 83.4 Å². The summed E-state index contributed by atoms with van der Waals surface area (Å²) in [7, 11) is 2.98. The van der Waals surface area contributed by atoms with Crippen LogP contribution in [-0.2, 0) is 32.0 Å². The molecule has 1 unspecified atom stereocenters. The smallest absolute Gasteiger partial charge is 0.249 e. The first-order valence-corrected chi connectivity index (χ1v) is 15.2. The quantitative estimate of drug-likeness (QED) is 0.255. The summed E-state index contributed by atoms with van der Waals surface area (Å²) in [4.78, 5) is 43.5. The van der Waals surface area contributed by atoms with E-state index in [0.717, 1.165) is 47.9 Å². The molecule has 1 fully saturated rings. The monoisotopic (exact) mass is 624 g/mol. The van der Waals surface area contributed by atoms with Crippen LogP contribution in [0.15, 0.2) is 60.7 Å². The third kappa shape index (κ3) is 9.29. The lowest BCUT2D eigenvalue weighted by Crippen LogP contribution is -2.56. The molecule has 1 heterocycles. The highest BCUT2D eigenvalue weighted by Gasteiger charge is 2.35. The Morgan fingerprint density at radius 1 is 0.956 bits per heavy atom. The van der Waals surface area contributed by atoms with Crippen LogP contribution in [0.1, 0.15) is 30.9 Å². The van der Waals surface area contributed by atoms with Crippen LogP contribution in [0.25, 0.3) is 10.8 Å². The number of likely N-dealkylation sites (N-methyl/N-ethyl adjacent to an activating group) is 2. The van der Waals surface area contributed by atoms with Crippen molar-refractivity contribution in [2.24, 2.45) is 0 Å². The molecular formula is C34H42F2N4O5. The molecule has 45 heavy (non-hydrogen) atoms. The number of halogens is 2. The highest BCUT2D eigenvalue weighted by Crippen LogP contribution is 2.20. The van der Waals surface area contributed by atoms with Gasteiger partial charge in [-0.05, 0) is 60.3 Å². The summed E-state index contributed by atoms with van der Waals surface area (Å²) in [5.74, 6) is -3.59. The Labute approximate surface area is 262 Å². The van der Waals surface area contributed by atoms with Crippen molar-refractivity contribution in [1.29, 1.82) is 0 Å². The second-order valence-electron chi connectivity index (χ2n) is 11.7. The zero-order valence-electron chi connectivity index (χ0n) is 26.0. The van der Waals surface area contributed by atoms with Gasteiger partial charge in [0.15, 0.2) is 11.6 Å². The number of aliphatic hydroxyl groups is 1. The van der Waals surface area contributed by atoms with E-state index in [9.17, 15) is 28.3 Å². The summed E-state index contributed by atoms with van der Waals surface area (Å²) in [6.45, 7) is 2.51. The van der Waals surface area contributed by atoms with E-state index in [1.807, 2.05) is 42.5 Å². The highest BCUT2D eigenvalue weighted by molar-refractivity contribution is 5.92. The maximum Gasteiger partial charge on any atom is 0.249 e. The summed E-state index contributed by atoms with van der Waals surface area (Å²) in [6, 6.07) is 15.0. The molecule has 0 radical (unpaired) electrons. The molecule has 9 nitrogen and oxygen atoms in total. The molecule has 3 aromatic carbocycles. The van der Waals surface area contributed by atoms with Crippen molar-refractivity contribution >= 4 is 28.5 Å². The molecule has 1 aliphatic rings. The van der Waals surface area contributed by atoms with Gasteiger partial charge in [-0.3, -0.25) is 14.4 Å². The maximum absolute atomic E-state index is 14.3. The van der Waals surface area contributed by atoms with Crippen LogP contribution in [-0.4, -0.2) is 97.3 Å². The molecule has 0 saturated carbocycles. The molecule has 3 aromatic rings. The molecule has 4 atom stereocenters. The average Bonchev–Trinajstić information content (AvgIpc) is 3.55. The third-order valence-electron chi connectivity index (χ3n) is 8.20. The van der Waals surface area contributed by atoms with Gasteiger partial charge in [0.2, 0.25) is 17.7 Å². The standard InChI is InChI=1S/C34H42F2N4O5/c1-22(41)19-38-33(43)30(17-24-11-13-28(35)29(36)16-24)40(3)34(44)31(18-23-10-12-25-7-4-5-8-26(25)15-23)39(2)32(42)21-45-20-27-9-6-14-37-27/h4-5,7-8,10-13,15-16,22,27,30-31,37,41H,6,9,14,17-21H2,1-3H3,(H,38,43)/t22-,27?,30-,31-/m1/s1. The van der Waals surface area contributed by atoms with Gasteiger partial charge in [0.1, 0.15) is 18.7 Å². The predicted molar refractivity (Wildman–Crippen MR) is 167 cm³/mol. The van der Waals surface area contributed by atoms with Gasteiger partial charge in [0, 0.05) is 39.5 Å². The van der Waals surface area contributed by atoms with Gasteiger partial charge in [0.25, 0.3) is 0 Å². The van der Waals surface area contributed by atoms with Gasteiger partial charge >= 0.3 is 0 Å². The van der Waals surface area contributed by atoms with E-state index in [2.05, 4.69) is 10.6 Å². The van der Waals surface area contributed by atoms with Gasteiger partial charge in [-0.25, -0.2) is 8.78 Å². The topological polar surface area (TPSA) is 111 Å². The second-order valence-corrected chi connectivity index (χ2v) is 11.7. The van der Waals surface area contributed by atoms with Crippen LogP contribution in [0.2, 0.25) is 0 Å². The highest BCUT2D eigenvalue weighted by atomic mass is 19.2. The molecule has 0 bridgehead atoms. The molecule has 0 aliphatic carbocycles. The van der Waals surface area contributed by atoms with Gasteiger partial charge in [-0.1, -0.05) is 48.5 Å². The van der Waals surface area contributed by atoms with Crippen molar-refractivity contribution in [3.8, 4) is 0 Å². The summed E-state index contributed by atoms with van der Waals surface area (Å²) >= 11 is 0. The maximum atomic E-state index is 14.3. The van der Waals surface area contributed by atoms with Crippen molar-refractivity contribution in [1.82, 2.24) is 20.4 Å². The molecule has 3 amide bonds. The lowest BCUT2D eigenvalue weighted by molar-refractivity contribution is -0.149. The Hall–Kier alpha value is -3.93. The Balaban J connectivity index is 1.60. The molecule has 1 saturated heterocycles. The van der Waals surface area contributed by atoms with Crippen molar-refractivity contribution in [2.45, 2.75) is 56.8 Å². The minimum absolute atomic E-state index is 0.0682. The van der Waals surface area contributed by atoms with E-state index in [1.54, 1.807) is 0 Å². The van der Waals surface area contributed by atoms with Crippen LogP contribution in [0, 0.1) is 11.6 Å². The largest absolute Gasteiger partial charge is 0.392 e. The lowest BCUT2D eigenvalue weighted by Gasteiger charge is -2.35. The Bertz CT molecular complexity index is 1480. The molecule has 0 aromatic heterocycles. The Kier molecular flexibility index (Phi) is 12.0. The lowest BCUT2D eigenvalue weighted by atomic mass is 9.98. The number of nitrogens with zero attached hydrogens (tertiary/aromatic N) is 2. The number of carbonyl (C=O) groups is 3. The molecule has 4 rings (SSSR count). The van der Waals surface area contributed by atoms with Crippen LogP contribution in [0.3, 0.4) is 0 Å². The second kappa shape index (κ2) is 15.9. The van der Waals surface area contributed by atoms with E-state index >= 15 is 0 Å². The molecular weight excluding hydrogens is 582 g/mol. The van der Waals surface area contributed by atoms with Crippen molar-refractivity contribution < 1.29 is 33.0 Å². The van der Waals surface area contributed by atoms with Crippen LogP contribution in [0.4, 0.5) is 8.78 Å². The SMILES string of the molecule is C[C@@H](O)CNC(=O)[C@@H](Cc1ccc(F)c(F)c1)N(C)C(=O)[C@@H](Cc1ccc2ccccc2c1)N(C)C(=O)COCC1CCCN1. The summed E-state index contributed by atoms with van der Waals surface area (Å²) < 4.78 is 33.4. The summed E-state index contributed by atoms with van der Waals surface area (Å²) in [5, 5.41) is 17.7. The first-order valence-electron chi connectivity index (χ1n) is 15.2. The van der Waals surface area contributed by atoms with E-state index in [-0.39, 0.29) is 32.0 Å². The average molecular weight is 625 g/mol. The number of nitrogens with one attached hydrogen (secondary N) is 2. The van der Waals surface area contributed by atoms with Gasteiger partial charge in [-0.2, -0.15) is 0 Å². The third-order valence-corrected chi connectivity index (χ3v) is 8.20. The predicted octanol–water partition coefficient (Wildman–Crippen LogP) is 2.82. The van der Waals surface area contributed by atoms with Crippen LogP contribution in [0.5, 0.6) is 0 Å². The fourth-order valence-electron chi connectivity index (χ4n) is 5.49. The number of hydrogen-bond donors (Lipinski definition) is 3. The molecule has 242 valence electrons. The van der Waals surface area contributed by atoms with E-state index in [1.165, 1.54) is 36.9 Å². The summed E-state index contributed by atoms with van der Waals surface area (Å²) in [5.41, 5.74) is 1.11. The Morgan fingerprint density at radius 3 is 2.33 bits per heavy atom. The summed E-state index contributed by atoms with van der Waals surface area (Å²) in [6.07, 6.45) is 1.21. The Morgan fingerprint density at radius 2 is 1.64 bits per heavy atom. The number of carbonyl (C=O) groups excluding carboxylic acids is 3. The normalized spacial score (nSPS) is 16.6. The first-order chi connectivity index (χ1) is 21.5. The minimum atomic E-state index is -1.14. The van der Waals surface area contributed by atoms with Gasteiger partial charge in [0.05, 0.1) is 12.7 Å². The number of benzene rings is 3. The number of ether oxygens (including phenoxy) is 1. The zero-order valence-corrected chi connectivity index (χ0v) is 26.0. The van der Waals surface area contributed by atoms with Gasteiger partial charge in [-0.15, -0.1) is 0 Å². The first kappa shape index (κ1) is 34.0. The van der Waals surface area contributed by atoms with Gasteiger partial charge < -0.3 is 30.3 Å². The molecule has 1 aliphatic heterocycles. The number of fused-ring (bicyclic) bond motifs is 1. The fourth-order valence-corrected chi connectivity index (χ4v) is 5.49. The fraction of sp³-hybridized carbons (Fsp3) is 0.441. The van der Waals surface area contributed by atoms with Crippen LogP contribution >= 0.6 is 0 Å². The minimum Gasteiger partial charge on any atom is -0.392 e.